The largest absolute Gasteiger partial charge is 0.485 e. The maximum atomic E-state index is 13.2. The van der Waals surface area contributed by atoms with Crippen molar-refractivity contribution in [1.82, 2.24) is 14.8 Å². The van der Waals surface area contributed by atoms with Gasteiger partial charge < -0.3 is 19.8 Å². The predicted octanol–water partition coefficient (Wildman–Crippen LogP) is 2.16. The van der Waals surface area contributed by atoms with E-state index in [4.69, 9.17) is 15.2 Å². The second-order valence-electron chi connectivity index (χ2n) is 6.25. The van der Waals surface area contributed by atoms with Crippen molar-refractivity contribution in [2.24, 2.45) is 5.73 Å². The molecule has 0 bridgehead atoms. The standard InChI is InChI=1S/C17H23FN4O2/c1-11-7-13(18)3-4-15(11)24-10-16-20-21-17(12-8-14(19)9-12)22(16)5-6-23-2/h3-4,7,12,14H,5-6,8-10,19H2,1-2H3. The van der Waals surface area contributed by atoms with Gasteiger partial charge in [-0.3, -0.25) is 0 Å². The van der Waals surface area contributed by atoms with Gasteiger partial charge in [-0.1, -0.05) is 0 Å². The minimum absolute atomic E-state index is 0.254. The summed E-state index contributed by atoms with van der Waals surface area (Å²) in [5.41, 5.74) is 6.64. The summed E-state index contributed by atoms with van der Waals surface area (Å²) in [6, 6.07) is 4.72. The normalized spacial score (nSPS) is 20.0. The van der Waals surface area contributed by atoms with E-state index < -0.39 is 0 Å². The summed E-state index contributed by atoms with van der Waals surface area (Å²) in [7, 11) is 1.67. The molecule has 1 aromatic heterocycles. The molecule has 1 aromatic carbocycles. The molecule has 130 valence electrons. The van der Waals surface area contributed by atoms with Crippen molar-refractivity contribution < 1.29 is 13.9 Å². The average Bonchev–Trinajstić information content (AvgIpc) is 2.91. The van der Waals surface area contributed by atoms with Crippen LogP contribution in [0.1, 0.15) is 36.0 Å². The summed E-state index contributed by atoms with van der Waals surface area (Å²) in [5.74, 6) is 2.41. The lowest BCUT2D eigenvalue weighted by Crippen LogP contribution is -2.36. The first kappa shape index (κ1) is 16.9. The van der Waals surface area contributed by atoms with Gasteiger partial charge in [0.05, 0.1) is 6.61 Å². The van der Waals surface area contributed by atoms with Crippen LogP contribution in [0.2, 0.25) is 0 Å². The van der Waals surface area contributed by atoms with Crippen molar-refractivity contribution in [2.75, 3.05) is 13.7 Å². The third-order valence-electron chi connectivity index (χ3n) is 4.41. The van der Waals surface area contributed by atoms with Gasteiger partial charge in [0.25, 0.3) is 0 Å². The monoisotopic (exact) mass is 334 g/mol. The molecule has 24 heavy (non-hydrogen) atoms. The van der Waals surface area contributed by atoms with Crippen LogP contribution in [0.3, 0.4) is 0 Å². The molecule has 6 nitrogen and oxygen atoms in total. The number of rotatable bonds is 7. The summed E-state index contributed by atoms with van der Waals surface area (Å²) < 4.78 is 26.2. The zero-order chi connectivity index (χ0) is 17.1. The van der Waals surface area contributed by atoms with Gasteiger partial charge in [-0.25, -0.2) is 4.39 Å². The molecule has 1 aliphatic carbocycles. The van der Waals surface area contributed by atoms with Crippen molar-refractivity contribution in [3.8, 4) is 5.75 Å². The van der Waals surface area contributed by atoms with Crippen LogP contribution in [0.15, 0.2) is 18.2 Å². The van der Waals surface area contributed by atoms with Gasteiger partial charge in [-0.15, -0.1) is 10.2 Å². The molecular formula is C17H23FN4O2. The van der Waals surface area contributed by atoms with E-state index in [9.17, 15) is 4.39 Å². The average molecular weight is 334 g/mol. The van der Waals surface area contributed by atoms with Crippen molar-refractivity contribution in [3.63, 3.8) is 0 Å². The Morgan fingerprint density at radius 3 is 2.79 bits per heavy atom. The van der Waals surface area contributed by atoms with Gasteiger partial charge in [0.15, 0.2) is 5.82 Å². The highest BCUT2D eigenvalue weighted by Gasteiger charge is 2.32. The summed E-state index contributed by atoms with van der Waals surface area (Å²) >= 11 is 0. The van der Waals surface area contributed by atoms with Crippen LogP contribution in [0.25, 0.3) is 0 Å². The number of nitrogens with two attached hydrogens (primary N) is 1. The van der Waals surface area contributed by atoms with Crippen LogP contribution in [0.5, 0.6) is 5.75 Å². The van der Waals surface area contributed by atoms with Gasteiger partial charge in [-0.2, -0.15) is 0 Å². The molecule has 0 aliphatic heterocycles. The molecule has 0 atom stereocenters. The quantitative estimate of drug-likeness (QED) is 0.840. The third kappa shape index (κ3) is 3.57. The lowest BCUT2D eigenvalue weighted by atomic mass is 9.80. The first-order valence-electron chi connectivity index (χ1n) is 8.14. The first-order chi connectivity index (χ1) is 11.6. The maximum absolute atomic E-state index is 13.2. The number of halogens is 1. The summed E-state index contributed by atoms with van der Waals surface area (Å²) in [5, 5.41) is 8.61. The van der Waals surface area contributed by atoms with E-state index in [-0.39, 0.29) is 18.5 Å². The van der Waals surface area contributed by atoms with E-state index >= 15 is 0 Å². The fourth-order valence-corrected chi connectivity index (χ4v) is 2.97. The fourth-order valence-electron chi connectivity index (χ4n) is 2.97. The molecule has 1 aliphatic rings. The predicted molar refractivity (Wildman–Crippen MR) is 87.3 cm³/mol. The summed E-state index contributed by atoms with van der Waals surface area (Å²) in [6.45, 7) is 3.34. The molecule has 2 aromatic rings. The van der Waals surface area contributed by atoms with Crippen LogP contribution in [0.4, 0.5) is 4.39 Å². The van der Waals surface area contributed by atoms with Crippen molar-refractivity contribution in [1.29, 1.82) is 0 Å². The highest BCUT2D eigenvalue weighted by atomic mass is 19.1. The van der Waals surface area contributed by atoms with E-state index in [1.165, 1.54) is 12.1 Å². The smallest absolute Gasteiger partial charge is 0.171 e. The van der Waals surface area contributed by atoms with E-state index in [1.807, 2.05) is 6.92 Å². The van der Waals surface area contributed by atoms with Gasteiger partial charge in [0, 0.05) is 25.6 Å². The molecule has 0 spiro atoms. The molecule has 0 unspecified atom stereocenters. The van der Waals surface area contributed by atoms with E-state index in [1.54, 1.807) is 13.2 Å². The number of ether oxygens (including phenoxy) is 2. The Hall–Kier alpha value is -1.99. The molecule has 1 heterocycles. The highest BCUT2D eigenvalue weighted by molar-refractivity contribution is 5.32. The minimum atomic E-state index is -0.272. The number of hydrogen-bond acceptors (Lipinski definition) is 5. The van der Waals surface area contributed by atoms with Crippen LogP contribution < -0.4 is 10.5 Å². The van der Waals surface area contributed by atoms with Gasteiger partial charge in [0.1, 0.15) is 24.0 Å². The number of nitrogens with zero attached hydrogens (tertiary/aromatic N) is 3. The number of aryl methyl sites for hydroxylation is 1. The SMILES string of the molecule is COCCn1c(COc2ccc(F)cc2C)nnc1C1CC(N)C1. The molecule has 7 heteroatoms. The number of benzene rings is 1. The highest BCUT2D eigenvalue weighted by Crippen LogP contribution is 2.35. The van der Waals surface area contributed by atoms with Crippen LogP contribution in [-0.2, 0) is 17.9 Å². The van der Waals surface area contributed by atoms with E-state index in [0.717, 1.165) is 30.1 Å². The van der Waals surface area contributed by atoms with Gasteiger partial charge in [-0.05, 0) is 43.5 Å². The van der Waals surface area contributed by atoms with Crippen LogP contribution in [-0.4, -0.2) is 34.5 Å². The molecule has 1 fully saturated rings. The first-order valence-corrected chi connectivity index (χ1v) is 8.14. The Labute approximate surface area is 140 Å². The van der Waals surface area contributed by atoms with E-state index in [0.29, 0.717) is 24.8 Å². The maximum Gasteiger partial charge on any atom is 0.171 e. The van der Waals surface area contributed by atoms with Gasteiger partial charge >= 0.3 is 0 Å². The van der Waals surface area contributed by atoms with Crippen molar-refractivity contribution in [3.05, 3.63) is 41.2 Å². The Kier molecular flexibility index (Phi) is 5.11. The molecular weight excluding hydrogens is 311 g/mol. The second-order valence-corrected chi connectivity index (χ2v) is 6.25. The summed E-state index contributed by atoms with van der Waals surface area (Å²) in [4.78, 5) is 0. The lowest BCUT2D eigenvalue weighted by Gasteiger charge is -2.31. The number of methoxy groups -OCH3 is 1. The van der Waals surface area contributed by atoms with Crippen LogP contribution >= 0.6 is 0 Å². The molecule has 0 saturated heterocycles. The second kappa shape index (κ2) is 7.27. The van der Waals surface area contributed by atoms with E-state index in [2.05, 4.69) is 14.8 Å². The molecule has 0 radical (unpaired) electrons. The number of aromatic nitrogens is 3. The Balaban J connectivity index is 1.74. The summed E-state index contributed by atoms with van der Waals surface area (Å²) in [6.07, 6.45) is 1.87. The van der Waals surface area contributed by atoms with Crippen LogP contribution in [0, 0.1) is 12.7 Å². The van der Waals surface area contributed by atoms with Crippen molar-refractivity contribution in [2.45, 2.75) is 44.9 Å². The lowest BCUT2D eigenvalue weighted by molar-refractivity contribution is 0.180. The zero-order valence-corrected chi connectivity index (χ0v) is 14.0. The molecule has 0 amide bonds. The molecule has 3 rings (SSSR count). The number of hydrogen-bond donors (Lipinski definition) is 1. The zero-order valence-electron chi connectivity index (χ0n) is 14.0. The van der Waals surface area contributed by atoms with Gasteiger partial charge in [0.2, 0.25) is 0 Å². The fraction of sp³-hybridized carbons (Fsp3) is 0.529. The Morgan fingerprint density at radius 1 is 1.33 bits per heavy atom. The Morgan fingerprint density at radius 2 is 2.12 bits per heavy atom. The third-order valence-corrected chi connectivity index (χ3v) is 4.41. The van der Waals surface area contributed by atoms with Crippen molar-refractivity contribution >= 4 is 0 Å². The molecule has 1 saturated carbocycles. The topological polar surface area (TPSA) is 75.2 Å². The molecule has 2 N–H and O–H groups in total. The Bertz CT molecular complexity index is 698. The minimum Gasteiger partial charge on any atom is -0.485 e.